The Morgan fingerprint density at radius 1 is 1.03 bits per heavy atom. The van der Waals surface area contributed by atoms with Crippen molar-refractivity contribution in [3.05, 3.63) is 88.4 Å². The SMILES string of the molecule is COc1ccc(N(Cc2ccc(C(=O)NCCOc3ccccc3C)cc2)S(C)(=O)=O)cc1Cl. The monoisotopic (exact) mass is 502 g/mol. The minimum atomic E-state index is -3.58. The molecule has 0 aromatic heterocycles. The van der Waals surface area contributed by atoms with Gasteiger partial charge < -0.3 is 14.8 Å². The van der Waals surface area contributed by atoms with Crippen LogP contribution in [0.2, 0.25) is 5.02 Å². The second-order valence-electron chi connectivity index (χ2n) is 7.66. The number of rotatable bonds is 10. The van der Waals surface area contributed by atoms with Gasteiger partial charge in [-0.2, -0.15) is 0 Å². The largest absolute Gasteiger partial charge is 0.495 e. The van der Waals surface area contributed by atoms with E-state index in [0.29, 0.717) is 35.2 Å². The molecule has 0 atom stereocenters. The molecule has 34 heavy (non-hydrogen) atoms. The van der Waals surface area contributed by atoms with Crippen LogP contribution in [-0.2, 0) is 16.6 Å². The number of methoxy groups -OCH3 is 1. The van der Waals surface area contributed by atoms with Gasteiger partial charge in [-0.15, -0.1) is 0 Å². The molecule has 3 aromatic carbocycles. The standard InChI is InChI=1S/C25H27ClN2O5S/c1-18-6-4-5-7-23(18)33-15-14-27-25(29)20-10-8-19(9-11-20)17-28(34(3,30)31)21-12-13-24(32-2)22(26)16-21/h4-13,16H,14-15,17H2,1-3H3,(H,27,29). The van der Waals surface area contributed by atoms with E-state index in [-0.39, 0.29) is 12.5 Å². The molecule has 0 fully saturated rings. The quantitative estimate of drug-likeness (QED) is 0.414. The van der Waals surface area contributed by atoms with E-state index >= 15 is 0 Å². The summed E-state index contributed by atoms with van der Waals surface area (Å²) in [6, 6.07) is 19.2. The van der Waals surface area contributed by atoms with Crippen molar-refractivity contribution in [2.75, 3.05) is 30.8 Å². The number of halogens is 1. The van der Waals surface area contributed by atoms with Crippen LogP contribution in [0.15, 0.2) is 66.7 Å². The third-order valence-corrected chi connectivity index (χ3v) is 6.54. The van der Waals surface area contributed by atoms with Gasteiger partial charge in [0.15, 0.2) is 0 Å². The molecule has 1 N–H and O–H groups in total. The molecule has 0 aliphatic rings. The van der Waals surface area contributed by atoms with Gasteiger partial charge in [-0.3, -0.25) is 9.10 Å². The number of anilines is 1. The number of hydrogen-bond acceptors (Lipinski definition) is 5. The molecular formula is C25H27ClN2O5S. The van der Waals surface area contributed by atoms with Gasteiger partial charge in [0.25, 0.3) is 5.91 Å². The van der Waals surface area contributed by atoms with Crippen molar-refractivity contribution < 1.29 is 22.7 Å². The number of sulfonamides is 1. The van der Waals surface area contributed by atoms with Crippen LogP contribution in [0.1, 0.15) is 21.5 Å². The topological polar surface area (TPSA) is 84.9 Å². The Balaban J connectivity index is 1.61. The molecule has 0 radical (unpaired) electrons. The van der Waals surface area contributed by atoms with Gasteiger partial charge in [0, 0.05) is 5.56 Å². The number of nitrogens with zero attached hydrogens (tertiary/aromatic N) is 1. The van der Waals surface area contributed by atoms with Crippen LogP contribution in [0.25, 0.3) is 0 Å². The third kappa shape index (κ3) is 6.65. The van der Waals surface area contributed by atoms with Crippen LogP contribution < -0.4 is 19.1 Å². The molecular weight excluding hydrogens is 476 g/mol. The number of hydrogen-bond donors (Lipinski definition) is 1. The van der Waals surface area contributed by atoms with Crippen molar-refractivity contribution in [2.24, 2.45) is 0 Å². The van der Waals surface area contributed by atoms with Gasteiger partial charge in [0.05, 0.1) is 37.2 Å². The lowest BCUT2D eigenvalue weighted by atomic mass is 10.1. The first-order valence-electron chi connectivity index (χ1n) is 10.6. The minimum absolute atomic E-state index is 0.0909. The van der Waals surface area contributed by atoms with Crippen molar-refractivity contribution in [1.29, 1.82) is 0 Å². The molecule has 0 saturated carbocycles. The molecule has 0 bridgehead atoms. The second kappa shape index (κ2) is 11.3. The Bertz CT molecular complexity index is 1250. The molecule has 7 nitrogen and oxygen atoms in total. The van der Waals surface area contributed by atoms with Crippen molar-refractivity contribution in [3.63, 3.8) is 0 Å². The van der Waals surface area contributed by atoms with Crippen LogP contribution in [0.4, 0.5) is 5.69 Å². The number of benzene rings is 3. The number of aryl methyl sites for hydroxylation is 1. The van der Waals surface area contributed by atoms with Crippen LogP contribution in [0.5, 0.6) is 11.5 Å². The maximum atomic E-state index is 12.4. The maximum Gasteiger partial charge on any atom is 0.251 e. The first kappa shape index (κ1) is 25.4. The highest BCUT2D eigenvalue weighted by Gasteiger charge is 2.19. The summed E-state index contributed by atoms with van der Waals surface area (Å²) in [7, 11) is -2.09. The van der Waals surface area contributed by atoms with E-state index < -0.39 is 10.0 Å². The number of carbonyl (C=O) groups is 1. The Morgan fingerprint density at radius 2 is 1.74 bits per heavy atom. The first-order valence-corrected chi connectivity index (χ1v) is 12.8. The van der Waals surface area contributed by atoms with E-state index in [2.05, 4.69) is 5.32 Å². The van der Waals surface area contributed by atoms with Gasteiger partial charge in [-0.1, -0.05) is 41.9 Å². The summed E-state index contributed by atoms with van der Waals surface area (Å²) in [4.78, 5) is 12.4. The van der Waals surface area contributed by atoms with E-state index in [9.17, 15) is 13.2 Å². The molecule has 0 heterocycles. The summed E-state index contributed by atoms with van der Waals surface area (Å²) in [5.41, 5.74) is 2.64. The minimum Gasteiger partial charge on any atom is -0.495 e. The second-order valence-corrected chi connectivity index (χ2v) is 9.97. The average Bonchev–Trinajstić information content (AvgIpc) is 2.81. The summed E-state index contributed by atoms with van der Waals surface area (Å²) in [5.74, 6) is 1.01. The normalized spacial score (nSPS) is 11.1. The predicted octanol–water partition coefficient (Wildman–Crippen LogP) is 4.43. The van der Waals surface area contributed by atoms with Crippen molar-refractivity contribution in [3.8, 4) is 11.5 Å². The smallest absolute Gasteiger partial charge is 0.251 e. The molecule has 0 aliphatic carbocycles. The fraction of sp³-hybridized carbons (Fsp3) is 0.240. The molecule has 3 aromatic rings. The lowest BCUT2D eigenvalue weighted by Crippen LogP contribution is -2.29. The Labute approximate surface area is 205 Å². The van der Waals surface area contributed by atoms with Crippen molar-refractivity contribution >= 4 is 33.2 Å². The zero-order valence-electron chi connectivity index (χ0n) is 19.2. The van der Waals surface area contributed by atoms with Gasteiger partial charge in [0.1, 0.15) is 18.1 Å². The molecule has 3 rings (SSSR count). The zero-order chi connectivity index (χ0) is 24.7. The summed E-state index contributed by atoms with van der Waals surface area (Å²) in [6.45, 7) is 2.76. The third-order valence-electron chi connectivity index (χ3n) is 5.10. The number of carbonyl (C=O) groups excluding carboxylic acids is 1. The van der Waals surface area contributed by atoms with Crippen molar-refractivity contribution in [2.45, 2.75) is 13.5 Å². The average molecular weight is 503 g/mol. The number of ether oxygens (including phenoxy) is 2. The van der Waals surface area contributed by atoms with E-state index in [1.807, 2.05) is 31.2 Å². The highest BCUT2D eigenvalue weighted by atomic mass is 35.5. The zero-order valence-corrected chi connectivity index (χ0v) is 20.8. The van der Waals surface area contributed by atoms with Gasteiger partial charge >= 0.3 is 0 Å². The fourth-order valence-electron chi connectivity index (χ4n) is 3.28. The maximum absolute atomic E-state index is 12.4. The van der Waals surface area contributed by atoms with Crippen molar-refractivity contribution in [1.82, 2.24) is 5.32 Å². The predicted molar refractivity (Wildman–Crippen MR) is 134 cm³/mol. The van der Waals surface area contributed by atoms with Crippen LogP contribution >= 0.6 is 11.6 Å². The van der Waals surface area contributed by atoms with Gasteiger partial charge in [-0.05, 0) is 54.4 Å². The Kier molecular flexibility index (Phi) is 8.41. The molecule has 9 heteroatoms. The fourth-order valence-corrected chi connectivity index (χ4v) is 4.42. The lowest BCUT2D eigenvalue weighted by molar-refractivity contribution is 0.0947. The highest BCUT2D eigenvalue weighted by Crippen LogP contribution is 2.31. The van der Waals surface area contributed by atoms with Crippen LogP contribution in [-0.4, -0.2) is 40.8 Å². The number of amides is 1. The van der Waals surface area contributed by atoms with Crippen LogP contribution in [0.3, 0.4) is 0 Å². The van der Waals surface area contributed by atoms with E-state index in [1.54, 1.807) is 42.5 Å². The number of nitrogens with one attached hydrogen (secondary N) is 1. The van der Waals surface area contributed by atoms with Gasteiger partial charge in [0.2, 0.25) is 10.0 Å². The highest BCUT2D eigenvalue weighted by molar-refractivity contribution is 7.92. The van der Waals surface area contributed by atoms with E-state index in [0.717, 1.165) is 23.1 Å². The molecule has 0 spiro atoms. The molecule has 0 unspecified atom stereocenters. The Hall–Kier alpha value is -3.23. The summed E-state index contributed by atoms with van der Waals surface area (Å²) in [5, 5.41) is 3.13. The molecule has 1 amide bonds. The van der Waals surface area contributed by atoms with Gasteiger partial charge in [-0.25, -0.2) is 8.42 Å². The number of para-hydroxylation sites is 1. The first-order chi connectivity index (χ1) is 16.2. The van der Waals surface area contributed by atoms with E-state index in [1.165, 1.54) is 11.4 Å². The van der Waals surface area contributed by atoms with E-state index in [4.69, 9.17) is 21.1 Å². The van der Waals surface area contributed by atoms with Crippen LogP contribution in [0, 0.1) is 6.92 Å². The summed E-state index contributed by atoms with van der Waals surface area (Å²) in [6.07, 6.45) is 1.13. The summed E-state index contributed by atoms with van der Waals surface area (Å²) < 4.78 is 36.9. The molecule has 0 saturated heterocycles. The summed E-state index contributed by atoms with van der Waals surface area (Å²) >= 11 is 6.18. The lowest BCUT2D eigenvalue weighted by Gasteiger charge is -2.23. The Morgan fingerprint density at radius 3 is 2.35 bits per heavy atom. The molecule has 0 aliphatic heterocycles. The molecule has 180 valence electrons.